The lowest BCUT2D eigenvalue weighted by Crippen LogP contribution is -2.29. The normalized spacial score (nSPS) is 10.7. The average molecular weight is 327 g/mol. The number of carbonyl (C=O) groups is 1. The van der Waals surface area contributed by atoms with Gasteiger partial charge in [0.2, 0.25) is 5.91 Å². The van der Waals surface area contributed by atoms with Crippen molar-refractivity contribution >= 4 is 17.4 Å². The fourth-order valence-corrected chi connectivity index (χ4v) is 2.94. The van der Waals surface area contributed by atoms with Crippen molar-refractivity contribution in [1.29, 1.82) is 0 Å². The minimum atomic E-state index is 0.0213. The summed E-state index contributed by atoms with van der Waals surface area (Å²) in [4.78, 5) is 19.5. The van der Waals surface area contributed by atoms with Crippen LogP contribution < -0.4 is 0 Å². The van der Waals surface area contributed by atoms with Crippen LogP contribution in [0, 0.1) is 6.92 Å². The van der Waals surface area contributed by atoms with Crippen LogP contribution in [-0.4, -0.2) is 37.0 Å². The molecular formula is C16H17N5OS. The highest BCUT2D eigenvalue weighted by Crippen LogP contribution is 2.17. The van der Waals surface area contributed by atoms with E-state index in [4.69, 9.17) is 0 Å². The van der Waals surface area contributed by atoms with Crippen LogP contribution in [0.25, 0.3) is 11.4 Å². The maximum absolute atomic E-state index is 12.5. The predicted octanol–water partition coefficient (Wildman–Crippen LogP) is 2.37. The van der Waals surface area contributed by atoms with Gasteiger partial charge in [0.25, 0.3) is 0 Å². The third-order valence-corrected chi connectivity index (χ3v) is 4.41. The molecule has 0 spiro atoms. The number of rotatable bonds is 5. The average Bonchev–Trinajstić information content (AvgIpc) is 3.18. The number of imidazole rings is 1. The van der Waals surface area contributed by atoms with Gasteiger partial charge in [0.05, 0.1) is 17.1 Å². The van der Waals surface area contributed by atoms with Gasteiger partial charge in [-0.15, -0.1) is 5.10 Å². The van der Waals surface area contributed by atoms with Crippen molar-refractivity contribution in [2.24, 2.45) is 0 Å². The summed E-state index contributed by atoms with van der Waals surface area (Å²) in [5, 5.41) is 3.97. The van der Waals surface area contributed by atoms with E-state index in [9.17, 15) is 4.79 Å². The van der Waals surface area contributed by atoms with Gasteiger partial charge in [-0.05, 0) is 18.5 Å². The van der Waals surface area contributed by atoms with Gasteiger partial charge in [0.15, 0.2) is 0 Å². The van der Waals surface area contributed by atoms with Crippen molar-refractivity contribution in [1.82, 2.24) is 24.0 Å². The first kappa shape index (κ1) is 15.4. The highest BCUT2D eigenvalue weighted by atomic mass is 32.1. The molecule has 6 nitrogen and oxygen atoms in total. The van der Waals surface area contributed by atoms with E-state index in [0.29, 0.717) is 6.54 Å². The first-order valence-corrected chi connectivity index (χ1v) is 8.01. The highest BCUT2D eigenvalue weighted by Gasteiger charge is 2.15. The van der Waals surface area contributed by atoms with Gasteiger partial charge in [0.1, 0.15) is 12.4 Å². The molecule has 0 N–H and O–H groups in total. The number of carbonyl (C=O) groups excluding carboxylic acids is 1. The summed E-state index contributed by atoms with van der Waals surface area (Å²) in [7, 11) is 1.79. The molecule has 118 valence electrons. The molecule has 0 atom stereocenters. The summed E-state index contributed by atoms with van der Waals surface area (Å²) in [5.74, 6) is 0.816. The van der Waals surface area contributed by atoms with Crippen LogP contribution in [0.3, 0.4) is 0 Å². The third kappa shape index (κ3) is 3.45. The Kier molecular flexibility index (Phi) is 4.47. The van der Waals surface area contributed by atoms with E-state index in [-0.39, 0.29) is 12.5 Å². The smallest absolute Gasteiger partial charge is 0.242 e. The summed E-state index contributed by atoms with van der Waals surface area (Å²) in [6, 6.07) is 9.85. The van der Waals surface area contributed by atoms with Crippen molar-refractivity contribution in [3.05, 3.63) is 53.3 Å². The van der Waals surface area contributed by atoms with E-state index in [0.717, 1.165) is 22.0 Å². The third-order valence-electron chi connectivity index (χ3n) is 3.60. The molecule has 3 rings (SSSR count). The van der Waals surface area contributed by atoms with Crippen LogP contribution in [0.2, 0.25) is 0 Å². The second-order valence-electron chi connectivity index (χ2n) is 5.28. The van der Waals surface area contributed by atoms with Gasteiger partial charge in [-0.2, -0.15) is 0 Å². The van der Waals surface area contributed by atoms with Crippen LogP contribution >= 0.6 is 11.5 Å². The second-order valence-corrected chi connectivity index (χ2v) is 6.11. The number of benzene rings is 1. The zero-order valence-corrected chi connectivity index (χ0v) is 13.8. The maximum atomic E-state index is 12.5. The molecule has 0 bridgehead atoms. The molecule has 0 radical (unpaired) electrons. The minimum absolute atomic E-state index is 0.0213. The van der Waals surface area contributed by atoms with E-state index in [1.807, 2.05) is 48.0 Å². The Morgan fingerprint density at radius 1 is 1.30 bits per heavy atom. The summed E-state index contributed by atoms with van der Waals surface area (Å²) < 4.78 is 5.77. The number of nitrogens with zero attached hydrogens (tertiary/aromatic N) is 5. The molecule has 0 aliphatic heterocycles. The lowest BCUT2D eigenvalue weighted by atomic mass is 10.2. The Hall–Kier alpha value is -2.54. The number of aromatic nitrogens is 4. The van der Waals surface area contributed by atoms with E-state index in [1.165, 1.54) is 11.5 Å². The number of aryl methyl sites for hydroxylation is 1. The maximum Gasteiger partial charge on any atom is 0.242 e. The molecule has 23 heavy (non-hydrogen) atoms. The standard InChI is InChI=1S/C16H17N5OS/c1-12-14(23-19-18-12)10-20(2)15(22)11-21-9-8-17-16(21)13-6-4-3-5-7-13/h3-9H,10-11H2,1-2H3. The predicted molar refractivity (Wildman–Crippen MR) is 88.8 cm³/mol. The van der Waals surface area contributed by atoms with Crippen LogP contribution in [0.5, 0.6) is 0 Å². The summed E-state index contributed by atoms with van der Waals surface area (Å²) in [6.07, 6.45) is 3.54. The summed E-state index contributed by atoms with van der Waals surface area (Å²) in [5.41, 5.74) is 1.87. The van der Waals surface area contributed by atoms with Crippen LogP contribution in [-0.2, 0) is 17.9 Å². The molecule has 0 unspecified atom stereocenters. The van der Waals surface area contributed by atoms with E-state index >= 15 is 0 Å². The lowest BCUT2D eigenvalue weighted by Gasteiger charge is -2.17. The largest absolute Gasteiger partial charge is 0.339 e. The van der Waals surface area contributed by atoms with Crippen LogP contribution in [0.4, 0.5) is 0 Å². The highest BCUT2D eigenvalue weighted by molar-refractivity contribution is 7.05. The Balaban J connectivity index is 1.71. The molecule has 3 aromatic rings. The summed E-state index contributed by atoms with van der Waals surface area (Å²) in [6.45, 7) is 2.68. The molecule has 0 aliphatic rings. The van der Waals surface area contributed by atoms with E-state index < -0.39 is 0 Å². The molecule has 1 aromatic carbocycles. The molecule has 0 aliphatic carbocycles. The second kappa shape index (κ2) is 6.70. The van der Waals surface area contributed by atoms with Gasteiger partial charge >= 0.3 is 0 Å². The number of hydrogen-bond acceptors (Lipinski definition) is 5. The van der Waals surface area contributed by atoms with E-state index in [2.05, 4.69) is 14.6 Å². The molecule has 0 fully saturated rings. The fraction of sp³-hybridized carbons (Fsp3) is 0.250. The molecule has 7 heteroatoms. The van der Waals surface area contributed by atoms with Crippen molar-refractivity contribution in [2.45, 2.75) is 20.0 Å². The monoisotopic (exact) mass is 327 g/mol. The van der Waals surface area contributed by atoms with Crippen molar-refractivity contribution < 1.29 is 4.79 Å². The Morgan fingerprint density at radius 3 is 2.78 bits per heavy atom. The minimum Gasteiger partial charge on any atom is -0.339 e. The van der Waals surface area contributed by atoms with Crippen molar-refractivity contribution in [3.8, 4) is 11.4 Å². The Morgan fingerprint density at radius 2 is 2.09 bits per heavy atom. The van der Waals surface area contributed by atoms with Gasteiger partial charge in [0, 0.05) is 25.0 Å². The molecular weight excluding hydrogens is 310 g/mol. The molecule has 1 amide bonds. The van der Waals surface area contributed by atoms with Gasteiger partial charge in [-0.1, -0.05) is 34.8 Å². The lowest BCUT2D eigenvalue weighted by molar-refractivity contribution is -0.131. The fourth-order valence-electron chi connectivity index (χ4n) is 2.25. The van der Waals surface area contributed by atoms with Crippen LogP contribution in [0.1, 0.15) is 10.6 Å². The zero-order chi connectivity index (χ0) is 16.2. The molecule has 2 aromatic heterocycles. The molecule has 0 saturated heterocycles. The van der Waals surface area contributed by atoms with Gasteiger partial charge in [-0.3, -0.25) is 4.79 Å². The topological polar surface area (TPSA) is 63.9 Å². The van der Waals surface area contributed by atoms with E-state index in [1.54, 1.807) is 18.1 Å². The first-order valence-electron chi connectivity index (χ1n) is 7.23. The van der Waals surface area contributed by atoms with Crippen LogP contribution in [0.15, 0.2) is 42.7 Å². The Bertz CT molecular complexity index is 796. The van der Waals surface area contributed by atoms with Crippen molar-refractivity contribution in [2.75, 3.05) is 7.05 Å². The number of amides is 1. The summed E-state index contributed by atoms with van der Waals surface area (Å²) >= 11 is 1.33. The van der Waals surface area contributed by atoms with Gasteiger partial charge < -0.3 is 9.47 Å². The first-order chi connectivity index (χ1) is 11.1. The number of likely N-dealkylation sites (N-methyl/N-ethyl adjacent to an activating group) is 1. The molecule has 0 saturated carbocycles. The number of hydrogen-bond donors (Lipinski definition) is 0. The Labute approximate surface area is 138 Å². The quantitative estimate of drug-likeness (QED) is 0.722. The SMILES string of the molecule is Cc1nnsc1CN(C)C(=O)Cn1ccnc1-c1ccccc1. The van der Waals surface area contributed by atoms with Gasteiger partial charge in [-0.25, -0.2) is 4.98 Å². The van der Waals surface area contributed by atoms with Crippen molar-refractivity contribution in [3.63, 3.8) is 0 Å². The zero-order valence-electron chi connectivity index (χ0n) is 13.0. The molecule has 2 heterocycles.